The molecule has 0 saturated carbocycles. The summed E-state index contributed by atoms with van der Waals surface area (Å²) in [5.74, 6) is 0.367. The van der Waals surface area contributed by atoms with Gasteiger partial charge in [0.25, 0.3) is 0 Å². The monoisotopic (exact) mass is 289 g/mol. The molecule has 3 heteroatoms. The fourth-order valence-corrected chi connectivity index (χ4v) is 2.70. The Bertz CT molecular complexity index is 455. The lowest BCUT2D eigenvalue weighted by Crippen LogP contribution is -2.22. The van der Waals surface area contributed by atoms with Crippen molar-refractivity contribution in [2.75, 3.05) is 19.7 Å². The largest absolute Gasteiger partial charge is 0.372 e. The first-order valence-corrected chi connectivity index (χ1v) is 6.87. The smallest absolute Gasteiger partial charge is 0.0906 e. The molecule has 2 atom stereocenters. The van der Waals surface area contributed by atoms with Gasteiger partial charge in [-0.05, 0) is 11.1 Å². The van der Waals surface area contributed by atoms with Gasteiger partial charge in [-0.25, -0.2) is 0 Å². The summed E-state index contributed by atoms with van der Waals surface area (Å²) in [5.41, 5.74) is 2.60. The van der Waals surface area contributed by atoms with Crippen molar-refractivity contribution >= 4 is 12.4 Å². The average molecular weight is 290 g/mol. The summed E-state index contributed by atoms with van der Waals surface area (Å²) >= 11 is 0. The summed E-state index contributed by atoms with van der Waals surface area (Å²) in [4.78, 5) is 0. The molecule has 1 fully saturated rings. The number of benzene rings is 2. The first-order chi connectivity index (χ1) is 9.45. The lowest BCUT2D eigenvalue weighted by Gasteiger charge is -2.25. The van der Waals surface area contributed by atoms with Gasteiger partial charge in [-0.3, -0.25) is 0 Å². The highest BCUT2D eigenvalue weighted by Gasteiger charge is 2.27. The Morgan fingerprint density at radius 3 is 2.10 bits per heavy atom. The summed E-state index contributed by atoms with van der Waals surface area (Å²) in [6.45, 7) is 2.65. The molecule has 0 bridgehead atoms. The van der Waals surface area contributed by atoms with Crippen LogP contribution in [0.5, 0.6) is 0 Å². The number of ether oxygens (including phenoxy) is 1. The second-order valence-corrected chi connectivity index (χ2v) is 4.92. The van der Waals surface area contributed by atoms with Gasteiger partial charge in [0.2, 0.25) is 0 Å². The van der Waals surface area contributed by atoms with Gasteiger partial charge < -0.3 is 10.1 Å². The maximum Gasteiger partial charge on any atom is 0.0906 e. The fraction of sp³-hybridized carbons (Fsp3) is 0.294. The molecular formula is C17H20ClNO. The van der Waals surface area contributed by atoms with E-state index >= 15 is 0 Å². The molecule has 20 heavy (non-hydrogen) atoms. The lowest BCUT2D eigenvalue weighted by molar-refractivity contribution is 0.0515. The normalized spacial score (nSPS) is 22.6. The van der Waals surface area contributed by atoms with Crippen molar-refractivity contribution in [2.24, 2.45) is 0 Å². The number of halogens is 1. The predicted octanol–water partition coefficient (Wildman–Crippen LogP) is 3.55. The van der Waals surface area contributed by atoms with Crippen LogP contribution in [-0.2, 0) is 4.74 Å². The van der Waals surface area contributed by atoms with Crippen molar-refractivity contribution in [3.8, 4) is 0 Å². The Labute approximate surface area is 126 Å². The van der Waals surface area contributed by atoms with Gasteiger partial charge in [0, 0.05) is 19.0 Å². The van der Waals surface area contributed by atoms with E-state index in [4.69, 9.17) is 4.74 Å². The Morgan fingerprint density at radius 2 is 1.45 bits per heavy atom. The first kappa shape index (κ1) is 15.0. The first-order valence-electron chi connectivity index (χ1n) is 6.87. The van der Waals surface area contributed by atoms with E-state index in [0.29, 0.717) is 5.92 Å². The van der Waals surface area contributed by atoms with Gasteiger partial charge in [0.05, 0.1) is 12.7 Å². The summed E-state index contributed by atoms with van der Waals surface area (Å²) in [5, 5.41) is 3.47. The number of rotatable bonds is 2. The molecule has 1 heterocycles. The lowest BCUT2D eigenvalue weighted by atomic mass is 9.89. The van der Waals surface area contributed by atoms with Crippen LogP contribution >= 0.6 is 12.4 Å². The third-order valence-electron chi connectivity index (χ3n) is 3.66. The summed E-state index contributed by atoms with van der Waals surface area (Å²) in [6, 6.07) is 21.2. The third-order valence-corrected chi connectivity index (χ3v) is 3.66. The zero-order chi connectivity index (χ0) is 12.9. The Kier molecular flexibility index (Phi) is 5.60. The molecule has 0 aliphatic carbocycles. The van der Waals surface area contributed by atoms with E-state index in [1.165, 1.54) is 11.1 Å². The molecule has 1 aliphatic heterocycles. The van der Waals surface area contributed by atoms with Gasteiger partial charge in [-0.2, -0.15) is 0 Å². The van der Waals surface area contributed by atoms with Crippen molar-refractivity contribution in [2.45, 2.75) is 12.0 Å². The maximum atomic E-state index is 6.09. The Hall–Kier alpha value is -1.35. The average Bonchev–Trinajstić information content (AvgIpc) is 2.75. The second kappa shape index (κ2) is 7.44. The second-order valence-electron chi connectivity index (χ2n) is 4.92. The van der Waals surface area contributed by atoms with Crippen molar-refractivity contribution in [3.63, 3.8) is 0 Å². The van der Waals surface area contributed by atoms with E-state index in [2.05, 4.69) is 66.0 Å². The highest BCUT2D eigenvalue weighted by Crippen LogP contribution is 2.34. The minimum absolute atomic E-state index is 0. The van der Waals surface area contributed by atoms with E-state index in [-0.39, 0.29) is 18.5 Å². The van der Waals surface area contributed by atoms with Crippen molar-refractivity contribution < 1.29 is 4.74 Å². The molecule has 106 valence electrons. The quantitative estimate of drug-likeness (QED) is 0.913. The Morgan fingerprint density at radius 1 is 0.850 bits per heavy atom. The molecule has 1 aliphatic rings. The van der Waals surface area contributed by atoms with Gasteiger partial charge in [0.15, 0.2) is 0 Å². The van der Waals surface area contributed by atoms with Crippen LogP contribution in [0.1, 0.15) is 23.1 Å². The van der Waals surface area contributed by atoms with Gasteiger partial charge in [-0.15, -0.1) is 12.4 Å². The zero-order valence-electron chi connectivity index (χ0n) is 11.4. The molecule has 2 aromatic rings. The van der Waals surface area contributed by atoms with Crippen LogP contribution in [0.15, 0.2) is 60.7 Å². The Balaban J connectivity index is 0.00000147. The standard InChI is InChI=1S/C17H19NO.ClH/c1-3-7-14(8-4-1)16-13-18-11-12-19-17(16)15-9-5-2-6-10-15;/h1-10,16-18H,11-13H2;1H/t16-,17-;/m1./s1. The molecule has 0 radical (unpaired) electrons. The molecule has 0 unspecified atom stereocenters. The van der Waals surface area contributed by atoms with E-state index in [1.807, 2.05) is 0 Å². The van der Waals surface area contributed by atoms with Crippen LogP contribution in [0, 0.1) is 0 Å². The number of nitrogens with one attached hydrogen (secondary N) is 1. The molecule has 3 rings (SSSR count). The molecule has 2 aromatic carbocycles. The van der Waals surface area contributed by atoms with E-state index in [0.717, 1.165) is 19.7 Å². The maximum absolute atomic E-state index is 6.09. The minimum atomic E-state index is 0. The van der Waals surface area contributed by atoms with E-state index < -0.39 is 0 Å². The molecule has 0 spiro atoms. The predicted molar refractivity (Wildman–Crippen MR) is 84.4 cm³/mol. The van der Waals surface area contributed by atoms with Crippen LogP contribution < -0.4 is 5.32 Å². The zero-order valence-corrected chi connectivity index (χ0v) is 12.2. The molecule has 0 aromatic heterocycles. The van der Waals surface area contributed by atoms with Crippen LogP contribution in [-0.4, -0.2) is 19.7 Å². The summed E-state index contributed by atoms with van der Waals surface area (Å²) in [6.07, 6.45) is 0.138. The van der Waals surface area contributed by atoms with Gasteiger partial charge in [-0.1, -0.05) is 60.7 Å². The SMILES string of the molecule is Cl.c1ccc([C@H]2CNCCO[C@@H]2c2ccccc2)cc1. The van der Waals surface area contributed by atoms with Crippen LogP contribution in [0.3, 0.4) is 0 Å². The number of hydrogen-bond acceptors (Lipinski definition) is 2. The minimum Gasteiger partial charge on any atom is -0.372 e. The molecule has 0 amide bonds. The van der Waals surface area contributed by atoms with Crippen LogP contribution in [0.2, 0.25) is 0 Å². The molecular weight excluding hydrogens is 270 g/mol. The van der Waals surface area contributed by atoms with Gasteiger partial charge in [0.1, 0.15) is 0 Å². The number of hydrogen-bond donors (Lipinski definition) is 1. The van der Waals surface area contributed by atoms with Crippen LogP contribution in [0.4, 0.5) is 0 Å². The highest BCUT2D eigenvalue weighted by molar-refractivity contribution is 5.85. The van der Waals surface area contributed by atoms with Crippen molar-refractivity contribution in [3.05, 3.63) is 71.8 Å². The van der Waals surface area contributed by atoms with E-state index in [1.54, 1.807) is 0 Å². The topological polar surface area (TPSA) is 21.3 Å². The van der Waals surface area contributed by atoms with Crippen molar-refractivity contribution in [1.82, 2.24) is 5.32 Å². The molecule has 1 saturated heterocycles. The fourth-order valence-electron chi connectivity index (χ4n) is 2.70. The van der Waals surface area contributed by atoms with E-state index in [9.17, 15) is 0 Å². The summed E-state index contributed by atoms with van der Waals surface area (Å²) in [7, 11) is 0. The highest BCUT2D eigenvalue weighted by atomic mass is 35.5. The molecule has 1 N–H and O–H groups in total. The van der Waals surface area contributed by atoms with Gasteiger partial charge >= 0.3 is 0 Å². The van der Waals surface area contributed by atoms with Crippen LogP contribution in [0.25, 0.3) is 0 Å². The van der Waals surface area contributed by atoms with Crippen molar-refractivity contribution in [1.29, 1.82) is 0 Å². The summed E-state index contributed by atoms with van der Waals surface area (Å²) < 4.78 is 6.09. The third kappa shape index (κ3) is 3.40. The molecule has 2 nitrogen and oxygen atoms in total.